The number of hydrogen-bond donors (Lipinski definition) is 1. The third kappa shape index (κ3) is 12.2. The summed E-state index contributed by atoms with van der Waals surface area (Å²) in [5, 5.41) is 3.54. The van der Waals surface area contributed by atoms with Gasteiger partial charge in [-0.25, -0.2) is 0 Å². The summed E-state index contributed by atoms with van der Waals surface area (Å²) in [6, 6.07) is 0. The van der Waals surface area contributed by atoms with Gasteiger partial charge in [-0.3, -0.25) is 0 Å². The third-order valence-corrected chi connectivity index (χ3v) is 3.46. The Bertz CT molecular complexity index is 133. The van der Waals surface area contributed by atoms with E-state index in [1.165, 1.54) is 71.1 Å². The third-order valence-electron chi connectivity index (χ3n) is 3.46. The van der Waals surface area contributed by atoms with E-state index in [0.29, 0.717) is 0 Å². The highest BCUT2D eigenvalue weighted by molar-refractivity contribution is 4.56. The maximum absolute atomic E-state index is 3.54. The van der Waals surface area contributed by atoms with Crippen LogP contribution in [0.15, 0.2) is 0 Å². The van der Waals surface area contributed by atoms with Crippen LogP contribution < -0.4 is 5.32 Å². The Balaban J connectivity index is 3.03. The van der Waals surface area contributed by atoms with Crippen molar-refractivity contribution in [2.75, 3.05) is 32.7 Å². The van der Waals surface area contributed by atoms with Crippen LogP contribution >= 0.6 is 0 Å². The lowest BCUT2D eigenvalue weighted by atomic mass is 10.1. The van der Waals surface area contributed by atoms with Crippen LogP contribution in [-0.4, -0.2) is 37.6 Å². The second-order valence-electron chi connectivity index (χ2n) is 4.90. The fraction of sp³-hybridized carbons (Fsp3) is 1.00. The molecule has 0 amide bonds. The average Bonchev–Trinajstić information content (AvgIpc) is 2.36. The molecule has 0 aromatic carbocycles. The molecule has 0 rings (SSSR count). The number of unbranched alkanes of at least 4 members (excludes halogenated alkanes) is 6. The van der Waals surface area contributed by atoms with Crippen molar-refractivity contribution in [3.05, 3.63) is 0 Å². The van der Waals surface area contributed by atoms with Crippen LogP contribution in [0.4, 0.5) is 0 Å². The van der Waals surface area contributed by atoms with Gasteiger partial charge in [0.15, 0.2) is 0 Å². The predicted octanol–water partition coefficient (Wildman–Crippen LogP) is 3.67. The minimum Gasteiger partial charge on any atom is -0.315 e. The Labute approximate surface area is 109 Å². The molecule has 0 heterocycles. The lowest BCUT2D eigenvalue weighted by Gasteiger charge is -2.17. The summed E-state index contributed by atoms with van der Waals surface area (Å²) in [5.74, 6) is 0. The van der Waals surface area contributed by atoms with Gasteiger partial charge in [0, 0.05) is 13.1 Å². The van der Waals surface area contributed by atoms with Crippen LogP contribution in [0.3, 0.4) is 0 Å². The summed E-state index contributed by atoms with van der Waals surface area (Å²) in [7, 11) is 0. The van der Waals surface area contributed by atoms with E-state index in [2.05, 4.69) is 31.0 Å². The van der Waals surface area contributed by atoms with E-state index in [-0.39, 0.29) is 0 Å². The van der Waals surface area contributed by atoms with Gasteiger partial charge in [0.2, 0.25) is 0 Å². The van der Waals surface area contributed by atoms with E-state index in [9.17, 15) is 0 Å². The Morgan fingerprint density at radius 3 is 1.88 bits per heavy atom. The van der Waals surface area contributed by atoms with Crippen LogP contribution in [0.25, 0.3) is 0 Å². The standard InChI is InChI=1S/C15H34N2/c1-4-7-8-9-10-11-12-13-16-14-15-17(5-2)6-3/h16H,4-15H2,1-3H3. The van der Waals surface area contributed by atoms with Gasteiger partial charge < -0.3 is 10.2 Å². The molecule has 104 valence electrons. The van der Waals surface area contributed by atoms with Gasteiger partial charge in [0.1, 0.15) is 0 Å². The van der Waals surface area contributed by atoms with Crippen molar-refractivity contribution in [3.63, 3.8) is 0 Å². The SMILES string of the molecule is CCCCCCCCCNCCN(CC)CC. The Morgan fingerprint density at radius 2 is 1.29 bits per heavy atom. The first kappa shape index (κ1) is 16.9. The van der Waals surface area contributed by atoms with Crippen LogP contribution in [0, 0.1) is 0 Å². The van der Waals surface area contributed by atoms with Gasteiger partial charge in [0.25, 0.3) is 0 Å². The van der Waals surface area contributed by atoms with Crippen molar-refractivity contribution < 1.29 is 0 Å². The minimum atomic E-state index is 1.15. The van der Waals surface area contributed by atoms with Crippen molar-refractivity contribution in [1.29, 1.82) is 0 Å². The molecule has 17 heavy (non-hydrogen) atoms. The summed E-state index contributed by atoms with van der Waals surface area (Å²) in [6.45, 7) is 12.7. The van der Waals surface area contributed by atoms with Crippen molar-refractivity contribution in [2.45, 2.75) is 65.7 Å². The molecular weight excluding hydrogens is 208 g/mol. The Hall–Kier alpha value is -0.0800. The highest BCUT2D eigenvalue weighted by Crippen LogP contribution is 2.06. The number of hydrogen-bond acceptors (Lipinski definition) is 2. The summed E-state index contributed by atoms with van der Waals surface area (Å²) in [6.07, 6.45) is 9.83. The molecule has 0 aliphatic rings. The van der Waals surface area contributed by atoms with Crippen molar-refractivity contribution in [3.8, 4) is 0 Å². The van der Waals surface area contributed by atoms with Gasteiger partial charge in [-0.2, -0.15) is 0 Å². The molecule has 0 aromatic heterocycles. The molecule has 2 heteroatoms. The Morgan fingerprint density at radius 1 is 0.706 bits per heavy atom. The monoisotopic (exact) mass is 242 g/mol. The van der Waals surface area contributed by atoms with E-state index < -0.39 is 0 Å². The molecule has 0 aromatic rings. The van der Waals surface area contributed by atoms with Gasteiger partial charge >= 0.3 is 0 Å². The molecule has 0 unspecified atom stereocenters. The van der Waals surface area contributed by atoms with Crippen molar-refractivity contribution >= 4 is 0 Å². The zero-order valence-electron chi connectivity index (χ0n) is 12.4. The molecule has 0 fully saturated rings. The average molecular weight is 242 g/mol. The molecule has 0 bridgehead atoms. The second-order valence-corrected chi connectivity index (χ2v) is 4.90. The van der Waals surface area contributed by atoms with Crippen molar-refractivity contribution in [1.82, 2.24) is 10.2 Å². The lowest BCUT2D eigenvalue weighted by molar-refractivity contribution is 0.302. The number of rotatable bonds is 13. The highest BCUT2D eigenvalue weighted by Gasteiger charge is 1.97. The fourth-order valence-electron chi connectivity index (χ4n) is 2.11. The second kappa shape index (κ2) is 14.0. The number of likely N-dealkylation sites (N-methyl/N-ethyl adjacent to an activating group) is 1. The normalized spacial score (nSPS) is 11.3. The summed E-state index contributed by atoms with van der Waals surface area (Å²) >= 11 is 0. The molecule has 0 aliphatic heterocycles. The quantitative estimate of drug-likeness (QED) is 0.496. The molecule has 1 N–H and O–H groups in total. The Kier molecular flexibility index (Phi) is 13.9. The van der Waals surface area contributed by atoms with Crippen LogP contribution in [0.1, 0.15) is 65.7 Å². The molecule has 0 saturated heterocycles. The summed E-state index contributed by atoms with van der Waals surface area (Å²) in [5.41, 5.74) is 0. The molecule has 0 radical (unpaired) electrons. The first-order valence-corrected chi connectivity index (χ1v) is 7.78. The number of nitrogens with zero attached hydrogens (tertiary/aromatic N) is 1. The fourth-order valence-corrected chi connectivity index (χ4v) is 2.11. The van der Waals surface area contributed by atoms with E-state index >= 15 is 0 Å². The van der Waals surface area contributed by atoms with Gasteiger partial charge in [-0.1, -0.05) is 59.3 Å². The van der Waals surface area contributed by atoms with Gasteiger partial charge in [0.05, 0.1) is 0 Å². The maximum Gasteiger partial charge on any atom is 0.0107 e. The molecule has 0 atom stereocenters. The summed E-state index contributed by atoms with van der Waals surface area (Å²) < 4.78 is 0. The van der Waals surface area contributed by atoms with Gasteiger partial charge in [-0.15, -0.1) is 0 Å². The van der Waals surface area contributed by atoms with Gasteiger partial charge in [-0.05, 0) is 26.1 Å². The van der Waals surface area contributed by atoms with E-state index in [1.807, 2.05) is 0 Å². The largest absolute Gasteiger partial charge is 0.315 e. The van der Waals surface area contributed by atoms with E-state index in [1.54, 1.807) is 0 Å². The molecular formula is C15H34N2. The molecule has 0 aliphatic carbocycles. The topological polar surface area (TPSA) is 15.3 Å². The molecule has 2 nitrogen and oxygen atoms in total. The van der Waals surface area contributed by atoms with Crippen molar-refractivity contribution in [2.24, 2.45) is 0 Å². The molecule has 0 saturated carbocycles. The first-order valence-electron chi connectivity index (χ1n) is 7.78. The molecule has 0 spiro atoms. The lowest BCUT2D eigenvalue weighted by Crippen LogP contribution is -2.32. The minimum absolute atomic E-state index is 1.15. The predicted molar refractivity (Wildman–Crippen MR) is 78.7 cm³/mol. The number of nitrogens with one attached hydrogen (secondary N) is 1. The van der Waals surface area contributed by atoms with E-state index in [0.717, 1.165) is 6.54 Å². The maximum atomic E-state index is 3.54. The van der Waals surface area contributed by atoms with Crippen LogP contribution in [0.5, 0.6) is 0 Å². The zero-order valence-corrected chi connectivity index (χ0v) is 12.4. The van der Waals surface area contributed by atoms with Crippen LogP contribution in [-0.2, 0) is 0 Å². The summed E-state index contributed by atoms with van der Waals surface area (Å²) in [4.78, 5) is 2.47. The van der Waals surface area contributed by atoms with Crippen LogP contribution in [0.2, 0.25) is 0 Å². The smallest absolute Gasteiger partial charge is 0.0107 e. The zero-order chi connectivity index (χ0) is 12.8. The van der Waals surface area contributed by atoms with E-state index in [4.69, 9.17) is 0 Å². The first-order chi connectivity index (χ1) is 8.35. The highest BCUT2D eigenvalue weighted by atomic mass is 15.1.